The zero-order chi connectivity index (χ0) is 22.9. The van der Waals surface area contributed by atoms with Crippen molar-refractivity contribution in [3.63, 3.8) is 0 Å². The van der Waals surface area contributed by atoms with E-state index in [-0.39, 0.29) is 11.3 Å². The molecule has 1 aliphatic rings. The van der Waals surface area contributed by atoms with E-state index >= 15 is 0 Å². The Morgan fingerprint density at radius 2 is 1.77 bits per heavy atom. The van der Waals surface area contributed by atoms with E-state index in [1.807, 2.05) is 51.0 Å². The summed E-state index contributed by atoms with van der Waals surface area (Å²) < 4.78 is 0. The Hall–Kier alpha value is -2.34. The monoisotopic (exact) mass is 460 g/mol. The standard InChI is InChI=1S/C24H26Cl2N2O3/c1-14-6-7-15(2)17(12-14)22(29)20-21(16-8-9-18(25)19(26)13-16)28(24(31)23(20)30)11-5-10-27(3)4/h6-9,12-13,21,29H,5,10-11H2,1-4H3/t21-/m1/s1. The quantitative estimate of drug-likeness (QED) is 0.374. The van der Waals surface area contributed by atoms with Gasteiger partial charge in [0.2, 0.25) is 0 Å². The fourth-order valence-electron chi connectivity index (χ4n) is 3.83. The summed E-state index contributed by atoms with van der Waals surface area (Å²) in [6.07, 6.45) is 0.682. The van der Waals surface area contributed by atoms with Crippen LogP contribution in [0.25, 0.3) is 5.76 Å². The number of halogens is 2. The molecule has 0 saturated carbocycles. The minimum Gasteiger partial charge on any atom is -0.507 e. The Morgan fingerprint density at radius 1 is 1.06 bits per heavy atom. The lowest BCUT2D eigenvalue weighted by Gasteiger charge is -2.26. The van der Waals surface area contributed by atoms with Crippen LogP contribution in [0.5, 0.6) is 0 Å². The molecule has 1 atom stereocenters. The Labute approximate surface area is 192 Å². The number of ketones is 1. The number of benzene rings is 2. The molecule has 1 N–H and O–H groups in total. The summed E-state index contributed by atoms with van der Waals surface area (Å²) in [6, 6.07) is 9.91. The molecule has 5 nitrogen and oxygen atoms in total. The van der Waals surface area contributed by atoms with Crippen LogP contribution in [-0.2, 0) is 9.59 Å². The molecular weight excluding hydrogens is 435 g/mol. The van der Waals surface area contributed by atoms with Crippen molar-refractivity contribution in [2.45, 2.75) is 26.3 Å². The lowest BCUT2D eigenvalue weighted by atomic mass is 9.93. The van der Waals surface area contributed by atoms with Crippen molar-refractivity contribution in [1.82, 2.24) is 9.80 Å². The lowest BCUT2D eigenvalue weighted by Crippen LogP contribution is -2.32. The first-order chi connectivity index (χ1) is 14.6. The van der Waals surface area contributed by atoms with Crippen LogP contribution in [0.4, 0.5) is 0 Å². The van der Waals surface area contributed by atoms with Gasteiger partial charge >= 0.3 is 0 Å². The maximum Gasteiger partial charge on any atom is 0.295 e. The number of amides is 1. The van der Waals surface area contributed by atoms with Crippen molar-refractivity contribution < 1.29 is 14.7 Å². The molecule has 1 amide bonds. The van der Waals surface area contributed by atoms with Crippen LogP contribution in [0.15, 0.2) is 42.0 Å². The molecule has 0 unspecified atom stereocenters. The Morgan fingerprint density at radius 3 is 2.42 bits per heavy atom. The molecule has 2 aromatic rings. The molecule has 2 aromatic carbocycles. The summed E-state index contributed by atoms with van der Waals surface area (Å²) in [7, 11) is 3.90. The number of Topliss-reactive ketones (excluding diaryl/α,β-unsaturated/α-hetero) is 1. The van der Waals surface area contributed by atoms with Gasteiger partial charge in [-0.15, -0.1) is 0 Å². The summed E-state index contributed by atoms with van der Waals surface area (Å²) in [4.78, 5) is 29.6. The molecule has 0 bridgehead atoms. The minimum absolute atomic E-state index is 0.0712. The largest absolute Gasteiger partial charge is 0.507 e. The normalized spacial score (nSPS) is 18.3. The molecule has 31 heavy (non-hydrogen) atoms. The molecule has 0 aromatic heterocycles. The van der Waals surface area contributed by atoms with Crippen LogP contribution in [0, 0.1) is 13.8 Å². The first-order valence-electron chi connectivity index (χ1n) is 10.1. The summed E-state index contributed by atoms with van der Waals surface area (Å²) in [5.74, 6) is -1.49. The number of nitrogens with zero attached hydrogens (tertiary/aromatic N) is 2. The molecule has 0 aliphatic carbocycles. The van der Waals surface area contributed by atoms with Gasteiger partial charge in [0.1, 0.15) is 5.76 Å². The topological polar surface area (TPSA) is 60.9 Å². The third kappa shape index (κ3) is 4.79. The number of hydrogen-bond acceptors (Lipinski definition) is 4. The lowest BCUT2D eigenvalue weighted by molar-refractivity contribution is -0.139. The maximum absolute atomic E-state index is 13.1. The second-order valence-corrected chi connectivity index (χ2v) is 8.96. The van der Waals surface area contributed by atoms with E-state index in [1.165, 1.54) is 4.90 Å². The van der Waals surface area contributed by atoms with E-state index < -0.39 is 17.7 Å². The van der Waals surface area contributed by atoms with Gasteiger partial charge in [0.05, 0.1) is 21.7 Å². The minimum atomic E-state index is -0.739. The summed E-state index contributed by atoms with van der Waals surface area (Å²) in [5, 5.41) is 11.9. The van der Waals surface area contributed by atoms with Gasteiger partial charge in [0, 0.05) is 12.1 Å². The van der Waals surface area contributed by atoms with Crippen molar-refractivity contribution in [1.29, 1.82) is 0 Å². The third-order valence-corrected chi connectivity index (χ3v) is 6.19. The summed E-state index contributed by atoms with van der Waals surface area (Å²) >= 11 is 12.3. The van der Waals surface area contributed by atoms with Crippen LogP contribution in [0.3, 0.4) is 0 Å². The molecule has 164 valence electrons. The van der Waals surface area contributed by atoms with E-state index in [1.54, 1.807) is 18.2 Å². The van der Waals surface area contributed by atoms with Crippen LogP contribution in [0.1, 0.15) is 34.7 Å². The van der Waals surface area contributed by atoms with Gasteiger partial charge in [-0.3, -0.25) is 9.59 Å². The molecule has 0 radical (unpaired) electrons. The number of aliphatic hydroxyl groups excluding tert-OH is 1. The molecule has 3 rings (SSSR count). The highest BCUT2D eigenvalue weighted by Crippen LogP contribution is 2.41. The third-order valence-electron chi connectivity index (χ3n) is 5.45. The number of hydrogen-bond donors (Lipinski definition) is 1. The maximum atomic E-state index is 13.1. The van der Waals surface area contributed by atoms with Crippen molar-refractivity contribution in [3.8, 4) is 0 Å². The number of carbonyl (C=O) groups excluding carboxylic acids is 2. The smallest absolute Gasteiger partial charge is 0.295 e. The van der Waals surface area contributed by atoms with E-state index in [0.717, 1.165) is 17.7 Å². The van der Waals surface area contributed by atoms with Gasteiger partial charge in [-0.1, -0.05) is 47.0 Å². The van der Waals surface area contributed by atoms with Gasteiger partial charge in [-0.05, 0) is 70.2 Å². The Kier molecular flexibility index (Phi) is 7.10. The second kappa shape index (κ2) is 9.43. The highest BCUT2D eigenvalue weighted by Gasteiger charge is 2.46. The zero-order valence-electron chi connectivity index (χ0n) is 18.1. The fraction of sp³-hybridized carbons (Fsp3) is 0.333. The number of aryl methyl sites for hydroxylation is 2. The summed E-state index contributed by atoms with van der Waals surface area (Å²) in [6.45, 7) is 4.90. The average molecular weight is 461 g/mol. The number of rotatable bonds is 6. The predicted octanol–water partition coefficient (Wildman–Crippen LogP) is 4.98. The highest BCUT2D eigenvalue weighted by atomic mass is 35.5. The molecule has 1 heterocycles. The van der Waals surface area contributed by atoms with Crippen molar-refractivity contribution in [2.75, 3.05) is 27.2 Å². The Balaban J connectivity index is 2.17. The van der Waals surface area contributed by atoms with Crippen molar-refractivity contribution in [2.24, 2.45) is 0 Å². The van der Waals surface area contributed by atoms with Gasteiger partial charge in [-0.25, -0.2) is 0 Å². The van der Waals surface area contributed by atoms with Crippen LogP contribution < -0.4 is 0 Å². The predicted molar refractivity (Wildman–Crippen MR) is 125 cm³/mol. The molecule has 1 aliphatic heterocycles. The van der Waals surface area contributed by atoms with Gasteiger partial charge in [0.15, 0.2) is 0 Å². The second-order valence-electron chi connectivity index (χ2n) is 8.14. The zero-order valence-corrected chi connectivity index (χ0v) is 19.6. The van der Waals surface area contributed by atoms with E-state index in [4.69, 9.17) is 23.2 Å². The first kappa shape index (κ1) is 23.3. The molecule has 1 saturated heterocycles. The number of carbonyl (C=O) groups is 2. The van der Waals surface area contributed by atoms with Gasteiger partial charge in [-0.2, -0.15) is 0 Å². The van der Waals surface area contributed by atoms with Crippen molar-refractivity contribution >= 4 is 40.7 Å². The first-order valence-corrected chi connectivity index (χ1v) is 10.8. The molecular formula is C24H26Cl2N2O3. The highest BCUT2D eigenvalue weighted by molar-refractivity contribution is 6.47. The van der Waals surface area contributed by atoms with E-state index in [2.05, 4.69) is 0 Å². The molecule has 0 spiro atoms. The fourth-order valence-corrected chi connectivity index (χ4v) is 4.14. The molecule has 1 fully saturated rings. The van der Waals surface area contributed by atoms with Gasteiger partial charge < -0.3 is 14.9 Å². The average Bonchev–Trinajstić information content (AvgIpc) is 2.96. The van der Waals surface area contributed by atoms with Crippen molar-refractivity contribution in [3.05, 3.63) is 74.3 Å². The van der Waals surface area contributed by atoms with Gasteiger partial charge in [0.25, 0.3) is 11.7 Å². The molecule has 7 heteroatoms. The van der Waals surface area contributed by atoms with Crippen LogP contribution in [0.2, 0.25) is 10.0 Å². The van der Waals surface area contributed by atoms with E-state index in [0.29, 0.717) is 34.1 Å². The SMILES string of the molecule is Cc1ccc(C)c(C(O)=C2C(=O)C(=O)N(CCCN(C)C)[C@@H]2c2ccc(Cl)c(Cl)c2)c1. The van der Waals surface area contributed by atoms with Crippen LogP contribution >= 0.6 is 23.2 Å². The number of aliphatic hydroxyl groups is 1. The Bertz CT molecular complexity index is 1060. The summed E-state index contributed by atoms with van der Waals surface area (Å²) in [5.41, 5.74) is 3.00. The van der Waals surface area contributed by atoms with Crippen LogP contribution in [-0.4, -0.2) is 53.8 Å². The number of likely N-dealkylation sites (tertiary alicyclic amines) is 1. The van der Waals surface area contributed by atoms with E-state index in [9.17, 15) is 14.7 Å².